The van der Waals surface area contributed by atoms with Crippen LogP contribution in [0.3, 0.4) is 0 Å². The monoisotopic (exact) mass is 450 g/mol. The van der Waals surface area contributed by atoms with Gasteiger partial charge in [-0.25, -0.2) is 4.98 Å². The number of nitrogens with zero attached hydrogens (tertiary/aromatic N) is 1. The van der Waals surface area contributed by atoms with E-state index in [1.807, 2.05) is 72.1 Å². The Morgan fingerprint density at radius 3 is 2.57 bits per heavy atom. The van der Waals surface area contributed by atoms with E-state index in [1.165, 1.54) is 5.56 Å². The SMILES string of the molecule is O=C(CSCc1ccccc1)Nc1cccc(-c2csc(-c3ccc(Cl)cc3)n2)c1. The van der Waals surface area contributed by atoms with Gasteiger partial charge in [-0.1, -0.05) is 66.2 Å². The fourth-order valence-electron chi connectivity index (χ4n) is 2.92. The zero-order valence-corrected chi connectivity index (χ0v) is 18.4. The lowest BCUT2D eigenvalue weighted by atomic mass is 10.1. The molecule has 3 aromatic carbocycles. The molecule has 0 radical (unpaired) electrons. The normalized spacial score (nSPS) is 10.7. The first-order chi connectivity index (χ1) is 14.7. The highest BCUT2D eigenvalue weighted by Gasteiger charge is 2.09. The maximum absolute atomic E-state index is 12.3. The second kappa shape index (κ2) is 9.94. The minimum atomic E-state index is -0.00628. The summed E-state index contributed by atoms with van der Waals surface area (Å²) >= 11 is 9.16. The van der Waals surface area contributed by atoms with E-state index in [-0.39, 0.29) is 5.91 Å². The number of thiazole rings is 1. The fraction of sp³-hybridized carbons (Fsp3) is 0.0833. The Morgan fingerprint density at radius 2 is 1.77 bits per heavy atom. The molecule has 0 bridgehead atoms. The van der Waals surface area contributed by atoms with Gasteiger partial charge in [0.2, 0.25) is 5.91 Å². The van der Waals surface area contributed by atoms with Gasteiger partial charge in [0.25, 0.3) is 0 Å². The quantitative estimate of drug-likeness (QED) is 0.329. The van der Waals surface area contributed by atoms with E-state index in [9.17, 15) is 4.79 Å². The minimum Gasteiger partial charge on any atom is -0.325 e. The van der Waals surface area contributed by atoms with E-state index in [0.29, 0.717) is 10.8 Å². The third-order valence-corrected chi connectivity index (χ3v) is 6.53. The van der Waals surface area contributed by atoms with E-state index in [0.717, 1.165) is 33.3 Å². The molecule has 0 spiro atoms. The van der Waals surface area contributed by atoms with Crippen LogP contribution >= 0.6 is 34.7 Å². The molecule has 4 aromatic rings. The number of thioether (sulfide) groups is 1. The standard InChI is InChI=1S/C24H19ClN2OS2/c25-20-11-9-18(10-12-20)24-27-22(15-30-24)19-7-4-8-21(13-19)26-23(28)16-29-14-17-5-2-1-3-6-17/h1-13,15H,14,16H2,(H,26,28). The van der Waals surface area contributed by atoms with Gasteiger partial charge in [-0.15, -0.1) is 23.1 Å². The first-order valence-electron chi connectivity index (χ1n) is 9.41. The number of aromatic nitrogens is 1. The highest BCUT2D eigenvalue weighted by molar-refractivity contribution is 7.99. The highest BCUT2D eigenvalue weighted by atomic mass is 35.5. The molecule has 0 atom stereocenters. The molecule has 0 saturated heterocycles. The number of halogens is 1. The van der Waals surface area contributed by atoms with Crippen LogP contribution in [0.25, 0.3) is 21.8 Å². The highest BCUT2D eigenvalue weighted by Crippen LogP contribution is 2.30. The Balaban J connectivity index is 1.38. The van der Waals surface area contributed by atoms with Crippen molar-refractivity contribution in [3.63, 3.8) is 0 Å². The fourth-order valence-corrected chi connectivity index (χ4v) is 4.67. The molecule has 4 rings (SSSR count). The topological polar surface area (TPSA) is 42.0 Å². The van der Waals surface area contributed by atoms with Crippen LogP contribution < -0.4 is 5.32 Å². The van der Waals surface area contributed by atoms with E-state index >= 15 is 0 Å². The summed E-state index contributed by atoms with van der Waals surface area (Å²) in [6, 6.07) is 25.6. The predicted molar refractivity (Wildman–Crippen MR) is 129 cm³/mol. The summed E-state index contributed by atoms with van der Waals surface area (Å²) in [5.74, 6) is 1.23. The van der Waals surface area contributed by atoms with E-state index in [1.54, 1.807) is 23.1 Å². The van der Waals surface area contributed by atoms with Gasteiger partial charge in [0.05, 0.1) is 11.4 Å². The molecule has 0 saturated carbocycles. The largest absolute Gasteiger partial charge is 0.325 e. The molecule has 1 N–H and O–H groups in total. The number of anilines is 1. The summed E-state index contributed by atoms with van der Waals surface area (Å²) in [4.78, 5) is 17.1. The smallest absolute Gasteiger partial charge is 0.234 e. The zero-order valence-electron chi connectivity index (χ0n) is 16.0. The zero-order chi connectivity index (χ0) is 20.8. The van der Waals surface area contributed by atoms with E-state index < -0.39 is 0 Å². The molecule has 0 aliphatic rings. The van der Waals surface area contributed by atoms with Crippen molar-refractivity contribution in [2.75, 3.05) is 11.1 Å². The first-order valence-corrected chi connectivity index (χ1v) is 11.8. The van der Waals surface area contributed by atoms with Crippen LogP contribution in [-0.2, 0) is 10.5 Å². The number of rotatable bonds is 7. The van der Waals surface area contributed by atoms with Gasteiger partial charge in [-0.05, 0) is 29.8 Å². The van der Waals surface area contributed by atoms with Gasteiger partial charge in [0.15, 0.2) is 0 Å². The van der Waals surface area contributed by atoms with Crippen LogP contribution in [0.5, 0.6) is 0 Å². The molecular weight excluding hydrogens is 432 g/mol. The molecule has 1 heterocycles. The Morgan fingerprint density at radius 1 is 0.967 bits per heavy atom. The molecule has 0 aliphatic carbocycles. The van der Waals surface area contributed by atoms with Crippen molar-refractivity contribution in [2.24, 2.45) is 0 Å². The molecule has 0 unspecified atom stereocenters. The number of hydrogen-bond acceptors (Lipinski definition) is 4. The van der Waals surface area contributed by atoms with Crippen molar-refractivity contribution in [2.45, 2.75) is 5.75 Å². The molecule has 0 aliphatic heterocycles. The van der Waals surface area contributed by atoms with Crippen molar-refractivity contribution in [1.29, 1.82) is 0 Å². The van der Waals surface area contributed by atoms with Crippen LogP contribution in [-0.4, -0.2) is 16.6 Å². The number of carbonyl (C=O) groups excluding carboxylic acids is 1. The van der Waals surface area contributed by atoms with Crippen molar-refractivity contribution in [1.82, 2.24) is 4.98 Å². The average molecular weight is 451 g/mol. The van der Waals surface area contributed by atoms with Gasteiger partial charge in [0, 0.05) is 33.0 Å². The lowest BCUT2D eigenvalue weighted by molar-refractivity contribution is -0.113. The Kier molecular flexibility index (Phi) is 6.84. The molecule has 0 fully saturated rings. The number of carbonyl (C=O) groups is 1. The maximum Gasteiger partial charge on any atom is 0.234 e. The minimum absolute atomic E-state index is 0.00628. The van der Waals surface area contributed by atoms with Crippen LogP contribution in [0.4, 0.5) is 5.69 Å². The molecule has 1 amide bonds. The number of amides is 1. The van der Waals surface area contributed by atoms with Crippen molar-refractivity contribution in [3.05, 3.63) is 94.8 Å². The van der Waals surface area contributed by atoms with Crippen LogP contribution in [0.15, 0.2) is 84.2 Å². The Labute approximate surface area is 189 Å². The second-order valence-corrected chi connectivity index (χ2v) is 8.93. The molecular formula is C24H19ClN2OS2. The summed E-state index contributed by atoms with van der Waals surface area (Å²) in [6.45, 7) is 0. The number of benzene rings is 3. The Bertz CT molecular complexity index is 1130. The van der Waals surface area contributed by atoms with E-state index in [4.69, 9.17) is 16.6 Å². The summed E-state index contributed by atoms with van der Waals surface area (Å²) in [6.07, 6.45) is 0. The Hall–Kier alpha value is -2.60. The third-order valence-electron chi connectivity index (χ3n) is 4.38. The predicted octanol–water partition coefficient (Wildman–Crippen LogP) is 7.00. The molecule has 30 heavy (non-hydrogen) atoms. The van der Waals surface area contributed by atoms with Crippen molar-refractivity contribution < 1.29 is 4.79 Å². The molecule has 150 valence electrons. The number of hydrogen-bond donors (Lipinski definition) is 1. The van der Waals surface area contributed by atoms with Gasteiger partial charge >= 0.3 is 0 Å². The summed E-state index contributed by atoms with van der Waals surface area (Å²) < 4.78 is 0. The van der Waals surface area contributed by atoms with Crippen molar-refractivity contribution >= 4 is 46.3 Å². The van der Waals surface area contributed by atoms with Crippen LogP contribution in [0.2, 0.25) is 5.02 Å². The maximum atomic E-state index is 12.3. The lowest BCUT2D eigenvalue weighted by Gasteiger charge is -2.07. The molecule has 3 nitrogen and oxygen atoms in total. The van der Waals surface area contributed by atoms with Gasteiger partial charge < -0.3 is 5.32 Å². The average Bonchev–Trinajstić information content (AvgIpc) is 3.26. The van der Waals surface area contributed by atoms with E-state index in [2.05, 4.69) is 17.4 Å². The first kappa shape index (κ1) is 20.7. The number of nitrogens with one attached hydrogen (secondary N) is 1. The summed E-state index contributed by atoms with van der Waals surface area (Å²) in [5.41, 5.74) is 4.90. The van der Waals surface area contributed by atoms with Crippen LogP contribution in [0.1, 0.15) is 5.56 Å². The molecule has 1 aromatic heterocycles. The van der Waals surface area contributed by atoms with Gasteiger partial charge in [-0.3, -0.25) is 4.79 Å². The second-order valence-electron chi connectivity index (χ2n) is 6.65. The van der Waals surface area contributed by atoms with Crippen LogP contribution in [0, 0.1) is 0 Å². The molecule has 6 heteroatoms. The third kappa shape index (κ3) is 5.51. The summed E-state index contributed by atoms with van der Waals surface area (Å²) in [5, 5.41) is 6.66. The van der Waals surface area contributed by atoms with Gasteiger partial charge in [-0.2, -0.15) is 0 Å². The van der Waals surface area contributed by atoms with Gasteiger partial charge in [0.1, 0.15) is 5.01 Å². The summed E-state index contributed by atoms with van der Waals surface area (Å²) in [7, 11) is 0. The lowest BCUT2D eigenvalue weighted by Crippen LogP contribution is -2.14. The van der Waals surface area contributed by atoms with Crippen molar-refractivity contribution in [3.8, 4) is 21.8 Å².